The Morgan fingerprint density at radius 3 is 2.67 bits per heavy atom. The maximum absolute atomic E-state index is 12.9. The summed E-state index contributed by atoms with van der Waals surface area (Å²) in [5.74, 6) is -1.49. The van der Waals surface area contributed by atoms with Crippen molar-refractivity contribution in [2.75, 3.05) is 19.8 Å². The van der Waals surface area contributed by atoms with E-state index >= 15 is 0 Å². The number of aliphatic carboxylic acids is 1. The monoisotopic (exact) mass is 370 g/mol. The van der Waals surface area contributed by atoms with Crippen molar-refractivity contribution in [1.29, 1.82) is 0 Å². The van der Waals surface area contributed by atoms with Gasteiger partial charge in [0.1, 0.15) is 12.2 Å². The molecule has 24 heavy (non-hydrogen) atoms. The Morgan fingerprint density at radius 2 is 2.00 bits per heavy atom. The molecule has 1 aromatic heterocycles. The molecule has 6 nitrogen and oxygen atoms in total. The summed E-state index contributed by atoms with van der Waals surface area (Å²) >= 11 is 12.3. The molecule has 0 saturated carbocycles. The highest BCUT2D eigenvalue weighted by Crippen LogP contribution is 2.31. The van der Waals surface area contributed by atoms with E-state index in [2.05, 4.69) is 4.98 Å². The maximum atomic E-state index is 12.9. The van der Waals surface area contributed by atoms with Gasteiger partial charge in [0.2, 0.25) is 0 Å². The van der Waals surface area contributed by atoms with Crippen LogP contribution in [0.5, 0.6) is 0 Å². The largest absolute Gasteiger partial charge is 0.480 e. The van der Waals surface area contributed by atoms with Gasteiger partial charge in [-0.2, -0.15) is 0 Å². The third-order valence-electron chi connectivity index (χ3n) is 4.11. The van der Waals surface area contributed by atoms with Crippen molar-refractivity contribution in [2.24, 2.45) is 0 Å². The summed E-state index contributed by atoms with van der Waals surface area (Å²) < 4.78 is 5.29. The van der Waals surface area contributed by atoms with Crippen LogP contribution in [0.25, 0.3) is 10.9 Å². The van der Waals surface area contributed by atoms with Crippen LogP contribution >= 0.6 is 23.2 Å². The number of nitrogens with zero attached hydrogens (tertiary/aromatic N) is 1. The van der Waals surface area contributed by atoms with Gasteiger partial charge in [0, 0.05) is 35.2 Å². The lowest BCUT2D eigenvalue weighted by Gasteiger charge is -2.33. The number of amides is 1. The van der Waals surface area contributed by atoms with Crippen LogP contribution in [0.3, 0.4) is 0 Å². The van der Waals surface area contributed by atoms with Gasteiger partial charge in [-0.15, -0.1) is 0 Å². The first-order valence-corrected chi connectivity index (χ1v) is 8.30. The average molecular weight is 371 g/mol. The zero-order valence-electron chi connectivity index (χ0n) is 12.7. The van der Waals surface area contributed by atoms with Crippen molar-refractivity contribution < 1.29 is 19.4 Å². The Kier molecular flexibility index (Phi) is 4.99. The number of rotatable bonds is 4. The van der Waals surface area contributed by atoms with Crippen molar-refractivity contribution in [3.8, 4) is 0 Å². The first-order valence-electron chi connectivity index (χ1n) is 7.54. The van der Waals surface area contributed by atoms with Crippen molar-refractivity contribution in [3.63, 3.8) is 0 Å². The summed E-state index contributed by atoms with van der Waals surface area (Å²) in [6, 6.07) is 4.91. The van der Waals surface area contributed by atoms with Crippen LogP contribution in [0, 0.1) is 0 Å². The minimum Gasteiger partial charge on any atom is -0.480 e. The molecule has 3 rings (SSSR count). The lowest BCUT2D eigenvalue weighted by molar-refractivity contribution is -0.138. The van der Waals surface area contributed by atoms with E-state index in [-0.39, 0.29) is 23.3 Å². The normalized spacial score (nSPS) is 15.6. The number of aromatic amines is 1. The lowest BCUT2D eigenvalue weighted by atomic mass is 10.1. The molecule has 0 bridgehead atoms. The Morgan fingerprint density at radius 1 is 1.29 bits per heavy atom. The van der Waals surface area contributed by atoms with Crippen LogP contribution in [0.2, 0.25) is 10.0 Å². The minimum absolute atomic E-state index is 0.182. The van der Waals surface area contributed by atoms with Gasteiger partial charge in [-0.3, -0.25) is 9.59 Å². The molecule has 2 heterocycles. The lowest BCUT2D eigenvalue weighted by Crippen LogP contribution is -2.46. The highest BCUT2D eigenvalue weighted by atomic mass is 35.5. The second-order valence-electron chi connectivity index (χ2n) is 5.67. The molecule has 1 saturated heterocycles. The summed E-state index contributed by atoms with van der Waals surface area (Å²) in [6.45, 7) is 0.629. The molecule has 1 fully saturated rings. The van der Waals surface area contributed by atoms with Crippen molar-refractivity contribution in [2.45, 2.75) is 18.9 Å². The molecule has 1 aromatic carbocycles. The Labute approximate surface area is 148 Å². The fourth-order valence-corrected chi connectivity index (χ4v) is 3.39. The van der Waals surface area contributed by atoms with Crippen molar-refractivity contribution in [3.05, 3.63) is 33.9 Å². The van der Waals surface area contributed by atoms with Crippen LogP contribution in [0.4, 0.5) is 0 Å². The average Bonchev–Trinajstić information content (AvgIpc) is 2.89. The highest BCUT2D eigenvalue weighted by Gasteiger charge is 2.30. The summed E-state index contributed by atoms with van der Waals surface area (Å²) in [6.07, 6.45) is 1.20. The second kappa shape index (κ2) is 7.01. The molecule has 2 N–H and O–H groups in total. The summed E-state index contributed by atoms with van der Waals surface area (Å²) in [5.41, 5.74) is 0.858. The Hall–Kier alpha value is -1.76. The summed E-state index contributed by atoms with van der Waals surface area (Å²) in [5, 5.41) is 10.6. The van der Waals surface area contributed by atoms with Gasteiger partial charge in [0.25, 0.3) is 5.91 Å². The predicted octanol–water partition coefficient (Wildman–Crippen LogP) is 3.18. The standard InChI is InChI=1S/C16H16Cl2N2O4/c17-9-1-2-12-11(7-9)14(18)15(19-12)16(23)20(8-13(21)22)10-3-5-24-6-4-10/h1-2,7,10,19H,3-6,8H2,(H,21,22). The SMILES string of the molecule is O=C(O)CN(C(=O)c1[nH]c2ccc(Cl)cc2c1Cl)C1CCOCC1. The predicted molar refractivity (Wildman–Crippen MR) is 90.8 cm³/mol. The van der Waals surface area contributed by atoms with Gasteiger partial charge in [-0.25, -0.2) is 0 Å². The summed E-state index contributed by atoms with van der Waals surface area (Å²) in [4.78, 5) is 28.5. The fraction of sp³-hybridized carbons (Fsp3) is 0.375. The number of carboxylic acids is 1. The van der Waals surface area contributed by atoms with E-state index in [1.165, 1.54) is 4.90 Å². The smallest absolute Gasteiger partial charge is 0.323 e. The number of benzene rings is 1. The van der Waals surface area contributed by atoms with Gasteiger partial charge in [-0.05, 0) is 31.0 Å². The molecule has 8 heteroatoms. The fourth-order valence-electron chi connectivity index (χ4n) is 2.93. The van der Waals surface area contributed by atoms with E-state index in [0.29, 0.717) is 42.0 Å². The number of fused-ring (bicyclic) bond motifs is 1. The zero-order chi connectivity index (χ0) is 17.3. The third kappa shape index (κ3) is 3.36. The van der Waals surface area contributed by atoms with E-state index < -0.39 is 11.9 Å². The number of aromatic nitrogens is 1. The van der Waals surface area contributed by atoms with Gasteiger partial charge < -0.3 is 19.7 Å². The van der Waals surface area contributed by atoms with Crippen molar-refractivity contribution >= 4 is 46.0 Å². The van der Waals surface area contributed by atoms with Gasteiger partial charge in [-0.1, -0.05) is 23.2 Å². The molecule has 128 valence electrons. The van der Waals surface area contributed by atoms with Gasteiger partial charge >= 0.3 is 5.97 Å². The number of nitrogens with one attached hydrogen (secondary N) is 1. The van der Waals surface area contributed by atoms with Crippen LogP contribution < -0.4 is 0 Å². The number of H-pyrrole nitrogens is 1. The molecule has 0 atom stereocenters. The topological polar surface area (TPSA) is 82.6 Å². The number of carbonyl (C=O) groups excluding carboxylic acids is 1. The quantitative estimate of drug-likeness (QED) is 0.865. The van der Waals surface area contributed by atoms with Gasteiger partial charge in [0.15, 0.2) is 0 Å². The molecule has 0 aliphatic carbocycles. The molecule has 1 aliphatic rings. The third-order valence-corrected chi connectivity index (χ3v) is 4.74. The molecular formula is C16H16Cl2N2O4. The van der Waals surface area contributed by atoms with Crippen LogP contribution in [0.1, 0.15) is 23.3 Å². The number of carboxylic acid groups (broad SMARTS) is 1. The molecule has 2 aromatic rings. The number of ether oxygens (including phenoxy) is 1. The van der Waals surface area contributed by atoms with Gasteiger partial charge in [0.05, 0.1) is 5.02 Å². The van der Waals surface area contributed by atoms with Crippen LogP contribution in [-0.2, 0) is 9.53 Å². The second-order valence-corrected chi connectivity index (χ2v) is 6.49. The van der Waals surface area contributed by atoms with Crippen LogP contribution in [-0.4, -0.2) is 52.7 Å². The molecule has 1 aliphatic heterocycles. The minimum atomic E-state index is -1.06. The van der Waals surface area contributed by atoms with Crippen LogP contribution in [0.15, 0.2) is 18.2 Å². The van der Waals surface area contributed by atoms with E-state index in [9.17, 15) is 14.7 Å². The number of hydrogen-bond donors (Lipinski definition) is 2. The zero-order valence-corrected chi connectivity index (χ0v) is 14.2. The highest BCUT2D eigenvalue weighted by molar-refractivity contribution is 6.39. The first-order chi connectivity index (χ1) is 11.5. The number of halogens is 2. The van der Waals surface area contributed by atoms with Crippen molar-refractivity contribution in [1.82, 2.24) is 9.88 Å². The van der Waals surface area contributed by atoms with E-state index in [1.54, 1.807) is 18.2 Å². The molecular weight excluding hydrogens is 355 g/mol. The first kappa shape index (κ1) is 17.1. The van der Waals surface area contributed by atoms with E-state index in [4.69, 9.17) is 27.9 Å². The molecule has 0 radical (unpaired) electrons. The molecule has 1 amide bonds. The van der Waals surface area contributed by atoms with E-state index in [1.807, 2.05) is 0 Å². The number of carbonyl (C=O) groups is 2. The maximum Gasteiger partial charge on any atom is 0.323 e. The number of hydrogen-bond acceptors (Lipinski definition) is 3. The van der Waals surface area contributed by atoms with E-state index in [0.717, 1.165) is 0 Å². The summed E-state index contributed by atoms with van der Waals surface area (Å²) in [7, 11) is 0. The molecule has 0 spiro atoms. The Bertz CT molecular complexity index is 784. The Balaban J connectivity index is 1.97. The molecule has 0 unspecified atom stereocenters.